The van der Waals surface area contributed by atoms with E-state index in [0.29, 0.717) is 15.8 Å². The molecule has 0 radical (unpaired) electrons. The number of nitro groups is 1. The van der Waals surface area contributed by atoms with Crippen molar-refractivity contribution in [1.82, 2.24) is 0 Å². The van der Waals surface area contributed by atoms with Gasteiger partial charge in [0.05, 0.1) is 4.92 Å². The Morgan fingerprint density at radius 3 is 2.85 bits per heavy atom. The molecule has 0 aromatic heterocycles. The molecule has 20 heavy (non-hydrogen) atoms. The van der Waals surface area contributed by atoms with Gasteiger partial charge in [0.2, 0.25) is 0 Å². The molecule has 1 aliphatic rings. The smallest absolute Gasteiger partial charge is 0.258 e. The Hall–Kier alpha value is -0.610. The van der Waals surface area contributed by atoms with Crippen molar-refractivity contribution in [1.29, 1.82) is 0 Å². The van der Waals surface area contributed by atoms with E-state index in [9.17, 15) is 10.1 Å². The molecular formula is C15H19BrClNO2. The molecule has 0 N–H and O–H groups in total. The molecule has 0 amide bonds. The molecule has 3 nitrogen and oxygen atoms in total. The van der Waals surface area contributed by atoms with Crippen molar-refractivity contribution < 1.29 is 4.92 Å². The van der Waals surface area contributed by atoms with E-state index in [1.807, 2.05) is 0 Å². The van der Waals surface area contributed by atoms with E-state index in [4.69, 9.17) is 11.6 Å². The highest BCUT2D eigenvalue weighted by atomic mass is 79.9. The lowest BCUT2D eigenvalue weighted by Gasteiger charge is -2.32. The molecule has 1 fully saturated rings. The molecule has 1 aromatic carbocycles. The fraction of sp³-hybridized carbons (Fsp3) is 0.600. The Labute approximate surface area is 133 Å². The van der Waals surface area contributed by atoms with Crippen molar-refractivity contribution in [3.63, 3.8) is 0 Å². The van der Waals surface area contributed by atoms with E-state index in [0.717, 1.165) is 30.7 Å². The summed E-state index contributed by atoms with van der Waals surface area (Å²) in [6.07, 6.45) is 5.45. The number of hydrogen-bond donors (Lipinski definition) is 0. The van der Waals surface area contributed by atoms with Crippen LogP contribution in [0.3, 0.4) is 0 Å². The van der Waals surface area contributed by atoms with Gasteiger partial charge in [-0.15, -0.1) is 0 Å². The maximum Gasteiger partial charge on any atom is 0.272 e. The highest BCUT2D eigenvalue weighted by Crippen LogP contribution is 2.38. The summed E-state index contributed by atoms with van der Waals surface area (Å²) in [5.74, 6) is 1.19. The minimum absolute atomic E-state index is 0.188. The third-order valence-corrected chi connectivity index (χ3v) is 5.74. The second kappa shape index (κ2) is 6.90. The molecule has 0 saturated heterocycles. The minimum Gasteiger partial charge on any atom is -0.258 e. The van der Waals surface area contributed by atoms with E-state index in [-0.39, 0.29) is 10.6 Å². The predicted octanol–water partition coefficient (Wildman–Crippen LogP) is 5.38. The second-order valence-corrected chi connectivity index (χ2v) is 7.21. The zero-order chi connectivity index (χ0) is 14.7. The molecule has 1 aliphatic carbocycles. The van der Waals surface area contributed by atoms with Crippen LogP contribution >= 0.6 is 27.5 Å². The maximum absolute atomic E-state index is 11.1. The topological polar surface area (TPSA) is 43.1 Å². The Bertz CT molecular complexity index is 495. The summed E-state index contributed by atoms with van der Waals surface area (Å²) in [4.78, 5) is 11.3. The summed E-state index contributed by atoms with van der Waals surface area (Å²) >= 11 is 9.74. The van der Waals surface area contributed by atoms with Crippen LogP contribution in [-0.2, 0) is 6.42 Å². The van der Waals surface area contributed by atoms with Gasteiger partial charge in [-0.05, 0) is 49.7 Å². The van der Waals surface area contributed by atoms with E-state index in [1.54, 1.807) is 12.1 Å². The van der Waals surface area contributed by atoms with Crippen molar-refractivity contribution in [3.8, 4) is 0 Å². The Kier molecular flexibility index (Phi) is 5.44. The first-order valence-corrected chi connectivity index (χ1v) is 8.37. The van der Waals surface area contributed by atoms with Crippen LogP contribution in [0.25, 0.3) is 0 Å². The number of halogens is 2. The lowest BCUT2D eigenvalue weighted by molar-refractivity contribution is -0.385. The van der Waals surface area contributed by atoms with Gasteiger partial charge in [-0.3, -0.25) is 10.1 Å². The minimum atomic E-state index is -0.310. The van der Waals surface area contributed by atoms with Crippen LogP contribution < -0.4 is 0 Å². The lowest BCUT2D eigenvalue weighted by Crippen LogP contribution is -2.26. The Balaban J connectivity index is 2.19. The Morgan fingerprint density at radius 2 is 2.20 bits per heavy atom. The zero-order valence-corrected chi connectivity index (χ0v) is 13.9. The number of alkyl halides is 1. The molecule has 0 aliphatic heterocycles. The predicted molar refractivity (Wildman–Crippen MR) is 85.6 cm³/mol. The summed E-state index contributed by atoms with van der Waals surface area (Å²) in [6.45, 7) is 2.22. The first kappa shape index (κ1) is 15.8. The van der Waals surface area contributed by atoms with Gasteiger partial charge in [-0.1, -0.05) is 40.9 Å². The molecule has 1 saturated carbocycles. The average molecular weight is 361 g/mol. The van der Waals surface area contributed by atoms with E-state index < -0.39 is 0 Å². The van der Waals surface area contributed by atoms with Crippen LogP contribution in [0.4, 0.5) is 5.69 Å². The van der Waals surface area contributed by atoms with Crippen molar-refractivity contribution >= 4 is 33.2 Å². The van der Waals surface area contributed by atoms with Crippen LogP contribution in [0.15, 0.2) is 18.2 Å². The van der Waals surface area contributed by atoms with Crippen LogP contribution in [0.5, 0.6) is 0 Å². The van der Waals surface area contributed by atoms with Gasteiger partial charge in [0, 0.05) is 21.5 Å². The number of nitro benzene ring substituents is 1. The second-order valence-electron chi connectivity index (χ2n) is 5.60. The van der Waals surface area contributed by atoms with Gasteiger partial charge < -0.3 is 0 Å². The summed E-state index contributed by atoms with van der Waals surface area (Å²) in [5, 5.41) is 11.7. The van der Waals surface area contributed by atoms with Crippen molar-refractivity contribution in [2.45, 2.75) is 43.9 Å². The molecule has 5 heteroatoms. The number of hydrogen-bond acceptors (Lipinski definition) is 2. The van der Waals surface area contributed by atoms with E-state index in [1.165, 1.54) is 18.9 Å². The molecule has 3 unspecified atom stereocenters. The monoisotopic (exact) mass is 359 g/mol. The van der Waals surface area contributed by atoms with Crippen molar-refractivity contribution in [2.24, 2.45) is 11.8 Å². The van der Waals surface area contributed by atoms with Gasteiger partial charge in [0.15, 0.2) is 0 Å². The first-order chi connectivity index (χ1) is 9.51. The van der Waals surface area contributed by atoms with Gasteiger partial charge in [-0.2, -0.15) is 0 Å². The summed E-state index contributed by atoms with van der Waals surface area (Å²) in [6, 6.07) is 4.85. The first-order valence-electron chi connectivity index (χ1n) is 7.08. The molecule has 2 rings (SSSR count). The number of nitrogens with zero attached hydrogens (tertiary/aromatic N) is 1. The third-order valence-electron chi connectivity index (χ3n) is 4.30. The fourth-order valence-corrected chi connectivity index (χ4v) is 3.95. The Morgan fingerprint density at radius 1 is 1.45 bits per heavy atom. The molecule has 0 bridgehead atoms. The van der Waals surface area contributed by atoms with E-state index in [2.05, 4.69) is 22.9 Å². The average Bonchev–Trinajstić information content (AvgIpc) is 2.41. The largest absolute Gasteiger partial charge is 0.272 e. The van der Waals surface area contributed by atoms with E-state index >= 15 is 0 Å². The lowest BCUT2D eigenvalue weighted by atomic mass is 9.77. The van der Waals surface area contributed by atoms with Crippen LogP contribution in [0, 0.1) is 22.0 Å². The SMILES string of the molecule is CCC1CCC(Br)C(Cc2cc(Cl)ccc2[N+](=O)[O-])C1. The van der Waals surface area contributed by atoms with Crippen LogP contribution in [0.2, 0.25) is 5.02 Å². The highest BCUT2D eigenvalue weighted by molar-refractivity contribution is 9.09. The molecule has 3 atom stereocenters. The molecular weight excluding hydrogens is 342 g/mol. The molecule has 0 heterocycles. The van der Waals surface area contributed by atoms with Gasteiger partial charge in [0.25, 0.3) is 5.69 Å². The van der Waals surface area contributed by atoms with Gasteiger partial charge >= 0.3 is 0 Å². The summed E-state index contributed by atoms with van der Waals surface area (Å²) in [5.41, 5.74) is 0.946. The fourth-order valence-electron chi connectivity index (χ4n) is 3.08. The number of benzene rings is 1. The summed E-state index contributed by atoms with van der Waals surface area (Å²) < 4.78 is 0. The van der Waals surface area contributed by atoms with Crippen molar-refractivity contribution in [2.75, 3.05) is 0 Å². The van der Waals surface area contributed by atoms with Crippen LogP contribution in [0.1, 0.15) is 38.2 Å². The van der Waals surface area contributed by atoms with Gasteiger partial charge in [-0.25, -0.2) is 0 Å². The van der Waals surface area contributed by atoms with Gasteiger partial charge in [0.1, 0.15) is 0 Å². The molecule has 0 spiro atoms. The quantitative estimate of drug-likeness (QED) is 0.411. The zero-order valence-electron chi connectivity index (χ0n) is 11.5. The number of rotatable bonds is 4. The maximum atomic E-state index is 11.1. The third kappa shape index (κ3) is 3.73. The molecule has 110 valence electrons. The highest BCUT2D eigenvalue weighted by Gasteiger charge is 2.30. The summed E-state index contributed by atoms with van der Waals surface area (Å²) in [7, 11) is 0. The normalized spacial score (nSPS) is 26.4. The van der Waals surface area contributed by atoms with Crippen molar-refractivity contribution in [3.05, 3.63) is 38.9 Å². The van der Waals surface area contributed by atoms with Crippen LogP contribution in [-0.4, -0.2) is 9.75 Å². The standard InChI is InChI=1S/C15H19BrClNO2/c1-2-10-3-5-14(16)11(7-10)8-12-9-13(17)4-6-15(12)18(19)20/h4,6,9-11,14H,2-3,5,7-8H2,1H3. The molecule has 1 aromatic rings.